The zero-order valence-electron chi connectivity index (χ0n) is 11.9. The van der Waals surface area contributed by atoms with E-state index in [1.807, 2.05) is 30.3 Å². The summed E-state index contributed by atoms with van der Waals surface area (Å²) < 4.78 is 24.7. The van der Waals surface area contributed by atoms with Gasteiger partial charge in [0.1, 0.15) is 0 Å². The molecule has 2 rings (SSSR count). The maximum Gasteiger partial charge on any atom is 0.274 e. The third kappa shape index (κ3) is 5.19. The molecule has 0 unspecified atom stereocenters. The number of nitrogens with one attached hydrogen (secondary N) is 2. The van der Waals surface area contributed by atoms with Gasteiger partial charge in [-0.25, -0.2) is 13.9 Å². The number of anilines is 1. The number of benzene rings is 2. The second kappa shape index (κ2) is 7.06. The van der Waals surface area contributed by atoms with Gasteiger partial charge in [-0.05, 0) is 23.8 Å². The van der Waals surface area contributed by atoms with Crippen molar-refractivity contribution in [1.82, 2.24) is 5.48 Å². The van der Waals surface area contributed by atoms with E-state index in [1.165, 1.54) is 6.07 Å². The summed E-state index contributed by atoms with van der Waals surface area (Å²) in [5.74, 6) is -0.451. The van der Waals surface area contributed by atoms with Crippen LogP contribution >= 0.6 is 0 Å². The fourth-order valence-electron chi connectivity index (χ4n) is 1.76. The van der Waals surface area contributed by atoms with Gasteiger partial charge in [0.2, 0.25) is 10.0 Å². The molecule has 6 nitrogen and oxygen atoms in total. The molecule has 0 spiro atoms. The molecule has 0 aliphatic carbocycles. The van der Waals surface area contributed by atoms with Crippen LogP contribution in [-0.4, -0.2) is 20.6 Å². The Morgan fingerprint density at radius 1 is 1.09 bits per heavy atom. The highest BCUT2D eigenvalue weighted by atomic mass is 32.2. The number of hydrogen-bond acceptors (Lipinski definition) is 4. The molecule has 22 heavy (non-hydrogen) atoms. The molecule has 7 heteroatoms. The average molecular weight is 320 g/mol. The molecule has 0 saturated heterocycles. The van der Waals surface area contributed by atoms with Crippen molar-refractivity contribution in [2.24, 2.45) is 0 Å². The van der Waals surface area contributed by atoms with Crippen molar-refractivity contribution in [2.45, 2.75) is 6.61 Å². The van der Waals surface area contributed by atoms with Gasteiger partial charge in [0.25, 0.3) is 5.91 Å². The van der Waals surface area contributed by atoms with Crippen molar-refractivity contribution in [3.63, 3.8) is 0 Å². The summed E-state index contributed by atoms with van der Waals surface area (Å²) in [6.07, 6.45) is 1.04. The van der Waals surface area contributed by atoms with Gasteiger partial charge in [-0.3, -0.25) is 14.4 Å². The molecular weight excluding hydrogens is 304 g/mol. The third-order valence-corrected chi connectivity index (χ3v) is 3.28. The predicted octanol–water partition coefficient (Wildman–Crippen LogP) is 1.92. The van der Waals surface area contributed by atoms with Gasteiger partial charge in [0.15, 0.2) is 0 Å². The fourth-order valence-corrected chi connectivity index (χ4v) is 2.31. The van der Waals surface area contributed by atoms with Gasteiger partial charge in [-0.2, -0.15) is 0 Å². The zero-order valence-corrected chi connectivity index (χ0v) is 12.8. The monoisotopic (exact) mass is 320 g/mol. The Balaban J connectivity index is 1.93. The number of sulfonamides is 1. The Kier molecular flexibility index (Phi) is 5.13. The second-order valence-electron chi connectivity index (χ2n) is 4.66. The molecule has 2 aromatic rings. The van der Waals surface area contributed by atoms with Crippen LogP contribution in [0.1, 0.15) is 15.9 Å². The Morgan fingerprint density at radius 2 is 1.82 bits per heavy atom. The van der Waals surface area contributed by atoms with E-state index in [-0.39, 0.29) is 6.61 Å². The first kappa shape index (κ1) is 16.0. The van der Waals surface area contributed by atoms with Crippen molar-refractivity contribution in [3.05, 3.63) is 65.7 Å². The van der Waals surface area contributed by atoms with Crippen LogP contribution in [0.3, 0.4) is 0 Å². The summed E-state index contributed by atoms with van der Waals surface area (Å²) in [6.45, 7) is 0.244. The molecule has 116 valence electrons. The summed E-state index contributed by atoms with van der Waals surface area (Å²) >= 11 is 0. The fraction of sp³-hybridized carbons (Fsp3) is 0.133. The minimum Gasteiger partial charge on any atom is -0.284 e. The van der Waals surface area contributed by atoms with Crippen LogP contribution in [0.5, 0.6) is 0 Å². The molecule has 0 heterocycles. The highest BCUT2D eigenvalue weighted by Crippen LogP contribution is 2.12. The highest BCUT2D eigenvalue weighted by Gasteiger charge is 2.08. The van der Waals surface area contributed by atoms with Crippen molar-refractivity contribution in [3.8, 4) is 0 Å². The minimum atomic E-state index is -3.39. The molecule has 2 aromatic carbocycles. The van der Waals surface area contributed by atoms with Crippen molar-refractivity contribution >= 4 is 21.6 Å². The van der Waals surface area contributed by atoms with Gasteiger partial charge in [-0.1, -0.05) is 36.4 Å². The molecular formula is C15H16N2O4S. The second-order valence-corrected chi connectivity index (χ2v) is 6.41. The SMILES string of the molecule is CS(=O)(=O)Nc1cccc(C(=O)NOCc2ccccc2)c1. The van der Waals surface area contributed by atoms with E-state index in [4.69, 9.17) is 4.84 Å². The van der Waals surface area contributed by atoms with Gasteiger partial charge in [0, 0.05) is 11.3 Å². The minimum absolute atomic E-state index is 0.244. The predicted molar refractivity (Wildman–Crippen MR) is 83.6 cm³/mol. The van der Waals surface area contributed by atoms with E-state index in [0.29, 0.717) is 11.3 Å². The van der Waals surface area contributed by atoms with Crippen LogP contribution in [0, 0.1) is 0 Å². The Hall–Kier alpha value is -2.38. The standard InChI is InChI=1S/C15H16N2O4S/c1-22(19,20)17-14-9-5-8-13(10-14)15(18)16-21-11-12-6-3-2-4-7-12/h2-10,17H,11H2,1H3,(H,16,18). The maximum atomic E-state index is 11.9. The van der Waals surface area contributed by atoms with Gasteiger partial charge in [-0.15, -0.1) is 0 Å². The molecule has 0 bridgehead atoms. The Labute approximate surface area is 129 Å². The largest absolute Gasteiger partial charge is 0.284 e. The van der Waals surface area contributed by atoms with Crippen LogP contribution in [0.15, 0.2) is 54.6 Å². The number of hydrogen-bond donors (Lipinski definition) is 2. The summed E-state index contributed by atoms with van der Waals surface area (Å²) in [5.41, 5.74) is 3.86. The zero-order chi connectivity index (χ0) is 16.0. The van der Waals surface area contributed by atoms with Crippen molar-refractivity contribution < 1.29 is 18.0 Å². The number of carbonyl (C=O) groups is 1. The summed E-state index contributed by atoms with van der Waals surface area (Å²) in [7, 11) is -3.39. The topological polar surface area (TPSA) is 84.5 Å². The first-order valence-corrected chi connectivity index (χ1v) is 8.37. The van der Waals surface area contributed by atoms with Gasteiger partial charge in [0.05, 0.1) is 12.9 Å². The quantitative estimate of drug-likeness (QED) is 0.796. The van der Waals surface area contributed by atoms with E-state index in [9.17, 15) is 13.2 Å². The highest BCUT2D eigenvalue weighted by molar-refractivity contribution is 7.92. The van der Waals surface area contributed by atoms with E-state index in [0.717, 1.165) is 11.8 Å². The van der Waals surface area contributed by atoms with Crippen LogP contribution in [0.25, 0.3) is 0 Å². The van der Waals surface area contributed by atoms with Crippen LogP contribution in [-0.2, 0) is 21.5 Å². The molecule has 2 N–H and O–H groups in total. The maximum absolute atomic E-state index is 11.9. The first-order valence-electron chi connectivity index (χ1n) is 6.48. The van der Waals surface area contributed by atoms with Gasteiger partial charge < -0.3 is 0 Å². The van der Waals surface area contributed by atoms with Crippen LogP contribution < -0.4 is 10.2 Å². The Morgan fingerprint density at radius 3 is 2.50 bits per heavy atom. The molecule has 0 radical (unpaired) electrons. The van der Waals surface area contributed by atoms with Gasteiger partial charge >= 0.3 is 0 Å². The molecule has 0 aromatic heterocycles. The lowest BCUT2D eigenvalue weighted by atomic mass is 10.2. The number of amides is 1. The molecule has 0 aliphatic heterocycles. The summed E-state index contributed by atoms with van der Waals surface area (Å²) in [4.78, 5) is 17.1. The molecule has 1 amide bonds. The van der Waals surface area contributed by atoms with Crippen molar-refractivity contribution in [1.29, 1.82) is 0 Å². The number of rotatable bonds is 6. The first-order chi connectivity index (χ1) is 10.4. The van der Waals surface area contributed by atoms with E-state index in [1.54, 1.807) is 18.2 Å². The number of hydroxylamine groups is 1. The normalized spacial score (nSPS) is 11.0. The molecule has 0 saturated carbocycles. The summed E-state index contributed by atoms with van der Waals surface area (Å²) in [6, 6.07) is 15.5. The van der Waals surface area contributed by atoms with Crippen molar-refractivity contribution in [2.75, 3.05) is 11.0 Å². The lowest BCUT2D eigenvalue weighted by molar-refractivity contribution is 0.0233. The average Bonchev–Trinajstić information content (AvgIpc) is 2.47. The van der Waals surface area contributed by atoms with Crippen LogP contribution in [0.4, 0.5) is 5.69 Å². The lowest BCUT2D eigenvalue weighted by Crippen LogP contribution is -2.23. The lowest BCUT2D eigenvalue weighted by Gasteiger charge is -2.08. The third-order valence-electron chi connectivity index (χ3n) is 2.67. The number of carbonyl (C=O) groups excluding carboxylic acids is 1. The van der Waals surface area contributed by atoms with Crippen LogP contribution in [0.2, 0.25) is 0 Å². The summed E-state index contributed by atoms with van der Waals surface area (Å²) in [5, 5.41) is 0. The van der Waals surface area contributed by atoms with E-state index >= 15 is 0 Å². The van der Waals surface area contributed by atoms with E-state index < -0.39 is 15.9 Å². The molecule has 0 atom stereocenters. The van der Waals surface area contributed by atoms with E-state index in [2.05, 4.69) is 10.2 Å². The molecule has 0 fully saturated rings. The smallest absolute Gasteiger partial charge is 0.274 e. The Bertz CT molecular complexity index is 745. The molecule has 0 aliphatic rings.